The van der Waals surface area contributed by atoms with Gasteiger partial charge in [0.15, 0.2) is 0 Å². The topological polar surface area (TPSA) is 66.5 Å². The molecule has 1 unspecified atom stereocenters. The van der Waals surface area contributed by atoms with Crippen LogP contribution >= 0.6 is 11.6 Å². The fraction of sp³-hybridized carbons (Fsp3) is 0.435. The Bertz CT molecular complexity index is 965. The summed E-state index contributed by atoms with van der Waals surface area (Å²) in [4.78, 5) is 13.2. The highest BCUT2D eigenvalue weighted by Crippen LogP contribution is 2.27. The van der Waals surface area contributed by atoms with Crippen molar-refractivity contribution in [3.8, 4) is 0 Å². The number of carbonyl (C=O) groups excluding carboxylic acids is 1. The molecular weight excluding hydrogens is 420 g/mol. The molecule has 1 fully saturated rings. The van der Waals surface area contributed by atoms with Crippen LogP contribution in [0.4, 0.5) is 0 Å². The Morgan fingerprint density at radius 3 is 2.13 bits per heavy atom. The number of hydrogen-bond acceptors (Lipinski definition) is 3. The lowest BCUT2D eigenvalue weighted by Crippen LogP contribution is -2.44. The fourth-order valence-electron chi connectivity index (χ4n) is 3.79. The number of carbonyl (C=O) groups is 1. The van der Waals surface area contributed by atoms with Crippen LogP contribution in [0, 0.1) is 18.8 Å². The molecule has 0 spiro atoms. The zero-order chi connectivity index (χ0) is 21.9. The quantitative estimate of drug-likeness (QED) is 0.704. The molecule has 2 aromatic carbocycles. The van der Waals surface area contributed by atoms with E-state index in [1.807, 2.05) is 31.2 Å². The minimum Gasteiger partial charge on any atom is -0.349 e. The molecule has 1 aliphatic rings. The average molecular weight is 449 g/mol. The van der Waals surface area contributed by atoms with Crippen LogP contribution < -0.4 is 5.32 Å². The van der Waals surface area contributed by atoms with Crippen LogP contribution in [0.2, 0.25) is 5.02 Å². The Morgan fingerprint density at radius 2 is 1.60 bits per heavy atom. The highest BCUT2D eigenvalue weighted by atomic mass is 35.5. The summed E-state index contributed by atoms with van der Waals surface area (Å²) in [7, 11) is -3.52. The molecule has 7 heteroatoms. The molecule has 1 amide bonds. The third-order valence-corrected chi connectivity index (χ3v) is 7.84. The predicted molar refractivity (Wildman–Crippen MR) is 120 cm³/mol. The van der Waals surface area contributed by atoms with Gasteiger partial charge in [-0.15, -0.1) is 0 Å². The molecule has 0 saturated carbocycles. The molecule has 0 radical (unpaired) electrons. The van der Waals surface area contributed by atoms with E-state index in [0.717, 1.165) is 11.1 Å². The zero-order valence-corrected chi connectivity index (χ0v) is 19.2. The monoisotopic (exact) mass is 448 g/mol. The van der Waals surface area contributed by atoms with Crippen molar-refractivity contribution in [2.75, 3.05) is 13.1 Å². The van der Waals surface area contributed by atoms with Crippen molar-refractivity contribution in [1.29, 1.82) is 0 Å². The highest BCUT2D eigenvalue weighted by Gasteiger charge is 2.33. The Hall–Kier alpha value is -1.89. The first-order valence-electron chi connectivity index (χ1n) is 10.3. The molecule has 5 nitrogen and oxygen atoms in total. The summed E-state index contributed by atoms with van der Waals surface area (Å²) in [6.45, 7) is 6.75. The van der Waals surface area contributed by atoms with Gasteiger partial charge in [-0.05, 0) is 55.5 Å². The van der Waals surface area contributed by atoms with Crippen LogP contribution in [-0.2, 0) is 14.8 Å². The average Bonchev–Trinajstić information content (AvgIpc) is 2.73. The Morgan fingerprint density at radius 1 is 1.03 bits per heavy atom. The van der Waals surface area contributed by atoms with E-state index in [2.05, 4.69) is 19.2 Å². The number of amides is 1. The van der Waals surface area contributed by atoms with Gasteiger partial charge in [-0.1, -0.05) is 55.3 Å². The molecule has 0 aromatic heterocycles. The first kappa shape index (κ1) is 22.8. The Kier molecular flexibility index (Phi) is 7.22. The molecule has 0 bridgehead atoms. The van der Waals surface area contributed by atoms with Gasteiger partial charge in [-0.25, -0.2) is 8.42 Å². The molecule has 1 heterocycles. The maximum absolute atomic E-state index is 12.9. The van der Waals surface area contributed by atoms with Crippen LogP contribution in [0.25, 0.3) is 0 Å². The van der Waals surface area contributed by atoms with E-state index < -0.39 is 10.0 Å². The SMILES string of the molecule is Cc1ccc(S(=O)(=O)N2CCC(C(=O)NC(c3ccc(Cl)cc3)C(C)C)CC2)cc1. The van der Waals surface area contributed by atoms with E-state index in [1.54, 1.807) is 24.3 Å². The summed E-state index contributed by atoms with van der Waals surface area (Å²) in [5, 5.41) is 3.83. The molecule has 1 atom stereocenters. The van der Waals surface area contributed by atoms with Crippen molar-refractivity contribution in [2.24, 2.45) is 11.8 Å². The third-order valence-electron chi connectivity index (χ3n) is 5.68. The summed E-state index contributed by atoms with van der Waals surface area (Å²) >= 11 is 5.98. The molecule has 30 heavy (non-hydrogen) atoms. The van der Waals surface area contributed by atoms with E-state index >= 15 is 0 Å². The summed E-state index contributed by atoms with van der Waals surface area (Å²) in [5.74, 6) is 0.0104. The van der Waals surface area contributed by atoms with Crippen LogP contribution in [0.1, 0.15) is 43.9 Å². The van der Waals surface area contributed by atoms with E-state index in [9.17, 15) is 13.2 Å². The number of piperidine rings is 1. The van der Waals surface area contributed by atoms with Gasteiger partial charge >= 0.3 is 0 Å². The number of halogens is 1. The summed E-state index contributed by atoms with van der Waals surface area (Å²) < 4.78 is 27.2. The number of aryl methyl sites for hydroxylation is 1. The molecule has 2 aromatic rings. The molecule has 0 aliphatic carbocycles. The number of hydrogen-bond donors (Lipinski definition) is 1. The molecule has 1 saturated heterocycles. The lowest BCUT2D eigenvalue weighted by Gasteiger charge is -2.32. The van der Waals surface area contributed by atoms with Gasteiger partial charge in [-0.2, -0.15) is 4.31 Å². The highest BCUT2D eigenvalue weighted by molar-refractivity contribution is 7.89. The fourth-order valence-corrected chi connectivity index (χ4v) is 5.39. The van der Waals surface area contributed by atoms with Crippen molar-refractivity contribution >= 4 is 27.5 Å². The second-order valence-corrected chi connectivity index (χ2v) is 10.6. The van der Waals surface area contributed by atoms with Crippen molar-refractivity contribution in [2.45, 2.75) is 44.6 Å². The van der Waals surface area contributed by atoms with Gasteiger partial charge in [0.1, 0.15) is 0 Å². The summed E-state index contributed by atoms with van der Waals surface area (Å²) in [6.07, 6.45) is 1.03. The van der Waals surface area contributed by atoms with Crippen molar-refractivity contribution in [3.05, 3.63) is 64.7 Å². The second kappa shape index (κ2) is 9.50. The maximum Gasteiger partial charge on any atom is 0.243 e. The van der Waals surface area contributed by atoms with E-state index in [0.29, 0.717) is 35.8 Å². The van der Waals surface area contributed by atoms with Crippen molar-refractivity contribution in [1.82, 2.24) is 9.62 Å². The third kappa shape index (κ3) is 5.23. The van der Waals surface area contributed by atoms with Crippen molar-refractivity contribution in [3.63, 3.8) is 0 Å². The number of nitrogens with one attached hydrogen (secondary N) is 1. The first-order valence-corrected chi connectivity index (χ1v) is 12.1. The largest absolute Gasteiger partial charge is 0.349 e. The van der Waals surface area contributed by atoms with E-state index in [-0.39, 0.29) is 23.8 Å². The van der Waals surface area contributed by atoms with Gasteiger partial charge in [0, 0.05) is 24.0 Å². The van der Waals surface area contributed by atoms with Crippen LogP contribution in [0.5, 0.6) is 0 Å². The number of benzene rings is 2. The lowest BCUT2D eigenvalue weighted by molar-refractivity contribution is -0.127. The standard InChI is InChI=1S/C23H29ClN2O3S/c1-16(2)22(18-6-8-20(24)9-7-18)25-23(27)19-12-14-26(15-13-19)30(28,29)21-10-4-17(3)5-11-21/h4-11,16,19,22H,12-15H2,1-3H3,(H,25,27). The summed E-state index contributed by atoms with van der Waals surface area (Å²) in [6, 6.07) is 14.3. The van der Waals surface area contributed by atoms with Crippen molar-refractivity contribution < 1.29 is 13.2 Å². The normalized spacial score (nSPS) is 17.1. The number of nitrogens with zero attached hydrogens (tertiary/aromatic N) is 1. The van der Waals surface area contributed by atoms with Gasteiger partial charge < -0.3 is 5.32 Å². The van der Waals surface area contributed by atoms with Crippen LogP contribution in [0.3, 0.4) is 0 Å². The zero-order valence-electron chi connectivity index (χ0n) is 17.6. The molecule has 1 N–H and O–H groups in total. The van der Waals surface area contributed by atoms with Gasteiger partial charge in [-0.3, -0.25) is 4.79 Å². The Balaban J connectivity index is 1.63. The molecule has 1 aliphatic heterocycles. The van der Waals surface area contributed by atoms with Gasteiger partial charge in [0.2, 0.25) is 15.9 Å². The number of rotatable bonds is 6. The minimum absolute atomic E-state index is 0.0176. The Labute approximate surface area is 184 Å². The van der Waals surface area contributed by atoms with E-state index in [4.69, 9.17) is 11.6 Å². The number of sulfonamides is 1. The van der Waals surface area contributed by atoms with Gasteiger partial charge in [0.05, 0.1) is 10.9 Å². The van der Waals surface area contributed by atoms with Crippen LogP contribution in [-0.4, -0.2) is 31.7 Å². The minimum atomic E-state index is -3.52. The lowest BCUT2D eigenvalue weighted by atomic mass is 9.93. The smallest absolute Gasteiger partial charge is 0.243 e. The second-order valence-electron chi connectivity index (χ2n) is 8.27. The molecule has 162 valence electrons. The predicted octanol–water partition coefficient (Wildman–Crippen LogP) is 4.56. The molecular formula is C23H29ClN2O3S. The van der Waals surface area contributed by atoms with Gasteiger partial charge in [0.25, 0.3) is 0 Å². The molecule has 3 rings (SSSR count). The van der Waals surface area contributed by atoms with E-state index in [1.165, 1.54) is 4.31 Å². The summed E-state index contributed by atoms with van der Waals surface area (Å²) in [5.41, 5.74) is 2.03. The maximum atomic E-state index is 12.9. The van der Waals surface area contributed by atoms with Crippen LogP contribution in [0.15, 0.2) is 53.4 Å². The first-order chi connectivity index (χ1) is 14.2.